The van der Waals surface area contributed by atoms with Crippen LogP contribution in [-0.2, 0) is 4.79 Å². The zero-order valence-corrected chi connectivity index (χ0v) is 7.67. The smallest absolute Gasteiger partial charge is 0.302 e. The molecule has 1 amide bonds. The summed E-state index contributed by atoms with van der Waals surface area (Å²) >= 11 is 16.5. The molecular formula is C5H7Cl3NO. The fourth-order valence-corrected chi connectivity index (χ4v) is 0.887. The molecule has 0 saturated carbocycles. The normalized spacial score (nSPS) is 11.2. The van der Waals surface area contributed by atoms with Gasteiger partial charge >= 0.3 is 6.41 Å². The summed E-state index contributed by atoms with van der Waals surface area (Å²) in [5.74, 6) is -0.0286. The number of rotatable bonds is 4. The molecule has 0 saturated heterocycles. The zero-order chi connectivity index (χ0) is 8.20. The third-order valence-corrected chi connectivity index (χ3v) is 2.32. The Kier molecular flexibility index (Phi) is 4.41. The Morgan fingerprint density at radius 1 is 1.60 bits per heavy atom. The van der Waals surface area contributed by atoms with Crippen molar-refractivity contribution in [2.24, 2.45) is 0 Å². The summed E-state index contributed by atoms with van der Waals surface area (Å²) in [6.45, 7) is 2.13. The predicted molar refractivity (Wildman–Crippen MR) is 43.2 cm³/mol. The highest BCUT2D eigenvalue weighted by atomic mass is 35.5. The average Bonchev–Trinajstić information content (AvgIpc) is 1.90. The van der Waals surface area contributed by atoms with Crippen LogP contribution in [0, 0.1) is 0 Å². The molecule has 0 heterocycles. The largest absolute Gasteiger partial charge is 0.314 e. The Morgan fingerprint density at radius 2 is 2.10 bits per heavy atom. The number of alkyl halides is 3. The highest BCUT2D eigenvalue weighted by Crippen LogP contribution is 2.25. The van der Waals surface area contributed by atoms with Gasteiger partial charge in [-0.15, -0.1) is 11.6 Å². The lowest BCUT2D eigenvalue weighted by Crippen LogP contribution is -2.39. The van der Waals surface area contributed by atoms with Crippen LogP contribution in [0.5, 0.6) is 0 Å². The summed E-state index contributed by atoms with van der Waals surface area (Å²) < 4.78 is -1.32. The van der Waals surface area contributed by atoms with Crippen molar-refractivity contribution in [3.8, 4) is 0 Å². The fraction of sp³-hybridized carbons (Fsp3) is 0.800. The topological polar surface area (TPSA) is 20.3 Å². The molecule has 0 N–H and O–H groups in total. The van der Waals surface area contributed by atoms with E-state index in [4.69, 9.17) is 34.8 Å². The first-order valence-corrected chi connectivity index (χ1v) is 3.96. The molecule has 0 aliphatic rings. The van der Waals surface area contributed by atoms with Crippen molar-refractivity contribution in [1.29, 1.82) is 0 Å². The van der Waals surface area contributed by atoms with Crippen molar-refractivity contribution in [3.05, 3.63) is 0 Å². The molecule has 0 aliphatic carbocycles. The molecule has 0 aromatic carbocycles. The van der Waals surface area contributed by atoms with E-state index < -0.39 is 4.46 Å². The fourth-order valence-electron chi connectivity index (χ4n) is 0.435. The first-order chi connectivity index (χ1) is 4.58. The molecule has 1 radical (unpaired) electrons. The van der Waals surface area contributed by atoms with Crippen molar-refractivity contribution in [3.63, 3.8) is 0 Å². The molecule has 5 heteroatoms. The van der Waals surface area contributed by atoms with Crippen LogP contribution in [0.15, 0.2) is 0 Å². The third kappa shape index (κ3) is 2.52. The van der Waals surface area contributed by atoms with Crippen molar-refractivity contribution >= 4 is 41.2 Å². The second-order valence-electron chi connectivity index (χ2n) is 1.64. The first-order valence-electron chi connectivity index (χ1n) is 2.67. The summed E-state index contributed by atoms with van der Waals surface area (Å²) in [6.07, 6.45) is 1.58. The lowest BCUT2D eigenvalue weighted by Gasteiger charge is -2.26. The van der Waals surface area contributed by atoms with Crippen molar-refractivity contribution < 1.29 is 4.79 Å². The Bertz CT molecular complexity index is 117. The molecule has 0 spiro atoms. The molecule has 59 valence electrons. The van der Waals surface area contributed by atoms with Gasteiger partial charge in [-0.1, -0.05) is 23.2 Å². The molecule has 0 aromatic heterocycles. The highest BCUT2D eigenvalue weighted by Gasteiger charge is 2.29. The van der Waals surface area contributed by atoms with Crippen LogP contribution in [0.1, 0.15) is 6.92 Å². The molecule has 0 atom stereocenters. The average molecular weight is 203 g/mol. The van der Waals surface area contributed by atoms with E-state index >= 15 is 0 Å². The zero-order valence-electron chi connectivity index (χ0n) is 5.40. The maximum atomic E-state index is 10.1. The van der Waals surface area contributed by atoms with Crippen LogP contribution in [0.3, 0.4) is 0 Å². The van der Waals surface area contributed by atoms with Gasteiger partial charge in [0.05, 0.1) is 5.88 Å². The molecule has 0 aromatic rings. The number of hydrogen-bond acceptors (Lipinski definition) is 1. The lowest BCUT2D eigenvalue weighted by atomic mass is 10.5. The van der Waals surface area contributed by atoms with Crippen molar-refractivity contribution in [1.82, 2.24) is 4.90 Å². The summed E-state index contributed by atoms with van der Waals surface area (Å²) in [6, 6.07) is 0. The van der Waals surface area contributed by atoms with Gasteiger partial charge in [0.1, 0.15) is 0 Å². The van der Waals surface area contributed by atoms with Gasteiger partial charge in [0.2, 0.25) is 4.46 Å². The third-order valence-electron chi connectivity index (χ3n) is 0.982. The Morgan fingerprint density at radius 3 is 2.20 bits per heavy atom. The number of hydrogen-bond donors (Lipinski definition) is 0. The highest BCUT2D eigenvalue weighted by molar-refractivity contribution is 6.51. The van der Waals surface area contributed by atoms with E-state index in [0.29, 0.717) is 6.54 Å². The van der Waals surface area contributed by atoms with Gasteiger partial charge in [0.15, 0.2) is 0 Å². The predicted octanol–water partition coefficient (Wildman–Crippen LogP) is 1.75. The van der Waals surface area contributed by atoms with Crippen LogP contribution in [0.2, 0.25) is 0 Å². The van der Waals surface area contributed by atoms with Crippen molar-refractivity contribution in [2.75, 3.05) is 12.4 Å². The number of amides is 1. The maximum Gasteiger partial charge on any atom is 0.314 e. The van der Waals surface area contributed by atoms with Gasteiger partial charge in [0.25, 0.3) is 0 Å². The Hall–Kier alpha value is 0.340. The van der Waals surface area contributed by atoms with Crippen molar-refractivity contribution in [2.45, 2.75) is 11.4 Å². The van der Waals surface area contributed by atoms with Crippen LogP contribution < -0.4 is 0 Å². The molecule has 0 unspecified atom stereocenters. The Labute approximate surface area is 75.0 Å². The van der Waals surface area contributed by atoms with Crippen LogP contribution in [-0.4, -0.2) is 28.2 Å². The quantitative estimate of drug-likeness (QED) is 0.387. The lowest BCUT2D eigenvalue weighted by molar-refractivity contribution is 0.359. The first kappa shape index (κ1) is 10.3. The second-order valence-corrected chi connectivity index (χ2v) is 3.35. The molecule has 10 heavy (non-hydrogen) atoms. The van der Waals surface area contributed by atoms with E-state index in [-0.39, 0.29) is 5.88 Å². The van der Waals surface area contributed by atoms with Gasteiger partial charge in [-0.05, 0) is 6.92 Å². The van der Waals surface area contributed by atoms with Gasteiger partial charge in [0, 0.05) is 6.54 Å². The van der Waals surface area contributed by atoms with Crippen LogP contribution in [0.4, 0.5) is 0 Å². The molecule has 0 fully saturated rings. The van der Waals surface area contributed by atoms with Crippen LogP contribution in [0.25, 0.3) is 0 Å². The van der Waals surface area contributed by atoms with Gasteiger partial charge in [-0.2, -0.15) is 0 Å². The van der Waals surface area contributed by atoms with E-state index in [9.17, 15) is 4.79 Å². The van der Waals surface area contributed by atoms with Gasteiger partial charge in [-0.3, -0.25) is 4.79 Å². The second kappa shape index (κ2) is 4.27. The summed E-state index contributed by atoms with van der Waals surface area (Å²) in [4.78, 5) is 11.2. The summed E-state index contributed by atoms with van der Waals surface area (Å²) in [7, 11) is 0. The van der Waals surface area contributed by atoms with Gasteiger partial charge in [-0.25, -0.2) is 0 Å². The minimum atomic E-state index is -1.32. The van der Waals surface area contributed by atoms with E-state index in [1.165, 1.54) is 0 Å². The standard InChI is InChI=1S/C5H7Cl3NO/c1-2-9(4-10)5(7,8)3-6/h2-3H2,1H3. The maximum absolute atomic E-state index is 10.1. The number of carbonyl (C=O) groups excluding carboxylic acids is 1. The SMILES string of the molecule is CCN([C]=O)C(Cl)(Cl)CCl. The Balaban J connectivity index is 4.10. The van der Waals surface area contributed by atoms with E-state index in [1.807, 2.05) is 0 Å². The summed E-state index contributed by atoms with van der Waals surface area (Å²) in [5.41, 5.74) is 0. The van der Waals surface area contributed by atoms with Crippen LogP contribution >= 0.6 is 34.8 Å². The molecule has 0 bridgehead atoms. The van der Waals surface area contributed by atoms with E-state index in [0.717, 1.165) is 4.90 Å². The monoisotopic (exact) mass is 202 g/mol. The summed E-state index contributed by atoms with van der Waals surface area (Å²) in [5, 5.41) is 0. The number of nitrogens with zero attached hydrogens (tertiary/aromatic N) is 1. The van der Waals surface area contributed by atoms with E-state index in [2.05, 4.69) is 0 Å². The molecule has 0 rings (SSSR count). The van der Waals surface area contributed by atoms with Gasteiger partial charge < -0.3 is 4.90 Å². The molecule has 2 nitrogen and oxygen atoms in total. The number of halogens is 3. The van der Waals surface area contributed by atoms with E-state index in [1.54, 1.807) is 13.3 Å². The molecule has 0 aliphatic heterocycles. The minimum absolute atomic E-state index is 0.0286. The molecular weight excluding hydrogens is 196 g/mol. The minimum Gasteiger partial charge on any atom is -0.302 e.